The molecule has 1 atom stereocenters. The predicted molar refractivity (Wildman–Crippen MR) is 82.4 cm³/mol. The lowest BCUT2D eigenvalue weighted by atomic mass is 10.1. The third-order valence-corrected chi connectivity index (χ3v) is 3.16. The van der Waals surface area contributed by atoms with Gasteiger partial charge in [0, 0.05) is 25.0 Å². The molecule has 21 heavy (non-hydrogen) atoms. The fourth-order valence-corrected chi connectivity index (χ4v) is 2.04. The van der Waals surface area contributed by atoms with E-state index < -0.39 is 0 Å². The van der Waals surface area contributed by atoms with Crippen molar-refractivity contribution in [3.63, 3.8) is 0 Å². The molecule has 2 aromatic rings. The first-order valence-electron chi connectivity index (χ1n) is 7.11. The minimum Gasteiger partial charge on any atom is -0.494 e. The molecule has 0 radical (unpaired) electrons. The van der Waals surface area contributed by atoms with Gasteiger partial charge in [0.15, 0.2) is 0 Å². The number of hydrogen-bond donors (Lipinski definition) is 1. The van der Waals surface area contributed by atoms with Gasteiger partial charge in [-0.2, -0.15) is 0 Å². The third kappa shape index (κ3) is 4.16. The molecule has 1 heterocycles. The number of aryl methyl sites for hydroxylation is 1. The molecule has 5 nitrogen and oxygen atoms in total. The molecule has 1 aromatic carbocycles. The van der Waals surface area contributed by atoms with Gasteiger partial charge in [-0.25, -0.2) is 9.78 Å². The van der Waals surface area contributed by atoms with Crippen LogP contribution in [0.4, 0.5) is 0 Å². The van der Waals surface area contributed by atoms with Gasteiger partial charge >= 0.3 is 5.69 Å². The molecule has 5 heteroatoms. The Morgan fingerprint density at radius 3 is 2.71 bits per heavy atom. The number of ether oxygens (including phenoxy) is 1. The fourth-order valence-electron chi connectivity index (χ4n) is 2.04. The Labute approximate surface area is 124 Å². The second-order valence-corrected chi connectivity index (χ2v) is 5.09. The van der Waals surface area contributed by atoms with E-state index >= 15 is 0 Å². The van der Waals surface area contributed by atoms with Crippen molar-refractivity contribution in [2.45, 2.75) is 32.9 Å². The highest BCUT2D eigenvalue weighted by atomic mass is 16.5. The van der Waals surface area contributed by atoms with Gasteiger partial charge < -0.3 is 10.5 Å². The van der Waals surface area contributed by atoms with Crippen molar-refractivity contribution in [3.8, 4) is 5.75 Å². The van der Waals surface area contributed by atoms with Crippen molar-refractivity contribution in [2.24, 2.45) is 5.73 Å². The van der Waals surface area contributed by atoms with Gasteiger partial charge in [0.05, 0.1) is 6.61 Å². The Hall–Kier alpha value is -2.14. The van der Waals surface area contributed by atoms with Crippen LogP contribution in [0.5, 0.6) is 5.75 Å². The number of nitrogens with zero attached hydrogens (tertiary/aromatic N) is 2. The molecule has 2 N–H and O–H groups in total. The first-order valence-corrected chi connectivity index (χ1v) is 7.11. The van der Waals surface area contributed by atoms with Crippen LogP contribution in [0.2, 0.25) is 0 Å². The van der Waals surface area contributed by atoms with Crippen molar-refractivity contribution in [3.05, 3.63) is 58.3 Å². The Balaban J connectivity index is 2.07. The molecule has 0 fully saturated rings. The quantitative estimate of drug-likeness (QED) is 0.882. The molecule has 1 aromatic heterocycles. The molecular weight excluding hydrogens is 266 g/mol. The van der Waals surface area contributed by atoms with Crippen molar-refractivity contribution in [2.75, 3.05) is 6.61 Å². The van der Waals surface area contributed by atoms with Crippen LogP contribution >= 0.6 is 0 Å². The van der Waals surface area contributed by atoms with Gasteiger partial charge in [-0.15, -0.1) is 0 Å². The summed E-state index contributed by atoms with van der Waals surface area (Å²) in [5.41, 5.74) is 7.79. The Bertz CT molecular complexity index is 635. The van der Waals surface area contributed by atoms with Crippen LogP contribution in [0.15, 0.2) is 41.5 Å². The van der Waals surface area contributed by atoms with Crippen molar-refractivity contribution in [1.82, 2.24) is 9.55 Å². The molecule has 2 rings (SSSR count). The average Bonchev–Trinajstić information content (AvgIpc) is 2.49. The standard InChI is InChI=1S/C16H21N3O2/c1-3-8-21-14-6-4-13(5-7-14)15(17)11-19-10-12(2)9-18-16(19)20/h4-7,9-10,15H,3,8,11,17H2,1-2H3. The summed E-state index contributed by atoms with van der Waals surface area (Å²) >= 11 is 0. The number of aromatic nitrogens is 2. The molecule has 0 spiro atoms. The van der Waals surface area contributed by atoms with E-state index in [0.29, 0.717) is 13.2 Å². The van der Waals surface area contributed by atoms with Crippen molar-refractivity contribution < 1.29 is 4.74 Å². The SMILES string of the molecule is CCCOc1ccc(C(N)Cn2cc(C)cnc2=O)cc1. The molecule has 112 valence electrons. The van der Waals surface area contributed by atoms with Crippen LogP contribution < -0.4 is 16.2 Å². The largest absolute Gasteiger partial charge is 0.494 e. The number of rotatable bonds is 6. The molecule has 0 aliphatic carbocycles. The van der Waals surface area contributed by atoms with E-state index in [2.05, 4.69) is 11.9 Å². The van der Waals surface area contributed by atoms with Gasteiger partial charge in [-0.3, -0.25) is 4.57 Å². The van der Waals surface area contributed by atoms with E-state index in [-0.39, 0.29) is 11.7 Å². The second-order valence-electron chi connectivity index (χ2n) is 5.09. The van der Waals surface area contributed by atoms with E-state index in [9.17, 15) is 4.79 Å². The van der Waals surface area contributed by atoms with Crippen LogP contribution in [0, 0.1) is 6.92 Å². The molecular formula is C16H21N3O2. The third-order valence-electron chi connectivity index (χ3n) is 3.16. The second kappa shape index (κ2) is 7.04. The number of nitrogens with two attached hydrogens (primary N) is 1. The van der Waals surface area contributed by atoms with E-state index in [1.54, 1.807) is 17.0 Å². The summed E-state index contributed by atoms with van der Waals surface area (Å²) in [5.74, 6) is 0.835. The molecule has 0 bridgehead atoms. The summed E-state index contributed by atoms with van der Waals surface area (Å²) < 4.78 is 7.08. The minimum absolute atomic E-state index is 0.258. The summed E-state index contributed by atoms with van der Waals surface area (Å²) in [7, 11) is 0. The monoisotopic (exact) mass is 287 g/mol. The lowest BCUT2D eigenvalue weighted by Crippen LogP contribution is -2.28. The smallest absolute Gasteiger partial charge is 0.347 e. The molecule has 0 saturated heterocycles. The van der Waals surface area contributed by atoms with Gasteiger partial charge in [0.1, 0.15) is 5.75 Å². The zero-order valence-corrected chi connectivity index (χ0v) is 12.5. The molecule has 1 unspecified atom stereocenters. The molecule has 0 amide bonds. The minimum atomic E-state index is -0.279. The summed E-state index contributed by atoms with van der Waals surface area (Å²) in [6, 6.07) is 7.42. The zero-order valence-electron chi connectivity index (χ0n) is 12.5. The Morgan fingerprint density at radius 2 is 2.05 bits per heavy atom. The fraction of sp³-hybridized carbons (Fsp3) is 0.375. The zero-order chi connectivity index (χ0) is 15.2. The van der Waals surface area contributed by atoms with Gasteiger partial charge in [0.2, 0.25) is 0 Å². The van der Waals surface area contributed by atoms with E-state index in [0.717, 1.165) is 23.3 Å². The molecule has 0 saturated carbocycles. The van der Waals surface area contributed by atoms with E-state index in [1.807, 2.05) is 31.2 Å². The highest BCUT2D eigenvalue weighted by molar-refractivity contribution is 5.29. The predicted octanol–water partition coefficient (Wildman–Crippen LogP) is 2.04. The summed E-state index contributed by atoms with van der Waals surface area (Å²) in [4.78, 5) is 15.5. The molecule has 0 aliphatic heterocycles. The van der Waals surface area contributed by atoms with Gasteiger partial charge in [-0.1, -0.05) is 19.1 Å². The van der Waals surface area contributed by atoms with E-state index in [4.69, 9.17) is 10.5 Å². The first-order chi connectivity index (χ1) is 10.1. The summed E-state index contributed by atoms with van der Waals surface area (Å²) in [5, 5.41) is 0. The van der Waals surface area contributed by atoms with Crippen LogP contribution in [0.25, 0.3) is 0 Å². The van der Waals surface area contributed by atoms with Crippen LogP contribution in [-0.4, -0.2) is 16.2 Å². The van der Waals surface area contributed by atoms with Crippen LogP contribution in [-0.2, 0) is 6.54 Å². The highest BCUT2D eigenvalue weighted by Crippen LogP contribution is 2.17. The van der Waals surface area contributed by atoms with Crippen molar-refractivity contribution in [1.29, 1.82) is 0 Å². The van der Waals surface area contributed by atoms with Gasteiger partial charge in [-0.05, 0) is 36.6 Å². The van der Waals surface area contributed by atoms with Crippen LogP contribution in [0.1, 0.15) is 30.5 Å². The topological polar surface area (TPSA) is 70.1 Å². The highest BCUT2D eigenvalue weighted by Gasteiger charge is 2.09. The average molecular weight is 287 g/mol. The number of benzene rings is 1. The van der Waals surface area contributed by atoms with Crippen molar-refractivity contribution >= 4 is 0 Å². The maximum atomic E-state index is 11.7. The maximum absolute atomic E-state index is 11.7. The lowest BCUT2D eigenvalue weighted by Gasteiger charge is -2.14. The Kier molecular flexibility index (Phi) is 5.11. The number of hydrogen-bond acceptors (Lipinski definition) is 4. The summed E-state index contributed by atoms with van der Waals surface area (Å²) in [6.45, 7) is 5.07. The normalized spacial score (nSPS) is 12.1. The van der Waals surface area contributed by atoms with E-state index in [1.165, 1.54) is 0 Å². The molecule has 0 aliphatic rings. The maximum Gasteiger partial charge on any atom is 0.347 e. The summed E-state index contributed by atoms with van der Waals surface area (Å²) in [6.07, 6.45) is 4.31. The first kappa shape index (κ1) is 15.3. The van der Waals surface area contributed by atoms with Gasteiger partial charge in [0.25, 0.3) is 0 Å². The lowest BCUT2D eigenvalue weighted by molar-refractivity contribution is 0.317. The Morgan fingerprint density at radius 1 is 1.33 bits per heavy atom. The van der Waals surface area contributed by atoms with Crippen LogP contribution in [0.3, 0.4) is 0 Å².